The molecule has 0 spiro atoms. The zero-order valence-corrected chi connectivity index (χ0v) is 38.6. The molecular formula is C62H37BN2O2S2. The van der Waals surface area contributed by atoms with E-state index < -0.39 is 0 Å². The third-order valence-electron chi connectivity index (χ3n) is 14.1. The van der Waals surface area contributed by atoms with Gasteiger partial charge in [0.2, 0.25) is 0 Å². The minimum Gasteiger partial charge on any atom is -0.458 e. The lowest BCUT2D eigenvalue weighted by molar-refractivity contribution is 0.465. The van der Waals surface area contributed by atoms with Crippen LogP contribution in [-0.4, -0.2) is 6.71 Å². The van der Waals surface area contributed by atoms with Gasteiger partial charge in [-0.15, -0.1) is 22.7 Å². The van der Waals surface area contributed by atoms with Crippen LogP contribution in [0.5, 0.6) is 23.0 Å². The number of hydrogen-bond acceptors (Lipinski definition) is 6. The first-order valence-electron chi connectivity index (χ1n) is 23.3. The van der Waals surface area contributed by atoms with E-state index in [1.165, 1.54) is 72.8 Å². The highest BCUT2D eigenvalue weighted by Crippen LogP contribution is 2.47. The average molecular weight is 917 g/mol. The van der Waals surface area contributed by atoms with Gasteiger partial charge in [0.25, 0.3) is 6.71 Å². The molecule has 0 radical (unpaired) electrons. The number of rotatable bonds is 6. The second-order valence-corrected chi connectivity index (χ2v) is 20.1. The third kappa shape index (κ3) is 6.01. The minimum atomic E-state index is -0.0459. The zero-order chi connectivity index (χ0) is 45.2. The molecule has 2 aliphatic heterocycles. The van der Waals surface area contributed by atoms with E-state index in [-0.39, 0.29) is 6.71 Å². The average Bonchev–Trinajstić information content (AvgIpc) is 3.96. The highest BCUT2D eigenvalue weighted by Gasteiger charge is 2.41. The van der Waals surface area contributed by atoms with E-state index in [0.717, 1.165) is 62.6 Å². The molecule has 69 heavy (non-hydrogen) atoms. The number of benzene rings is 11. The summed E-state index contributed by atoms with van der Waals surface area (Å²) in [6.07, 6.45) is 0. The summed E-state index contributed by atoms with van der Waals surface area (Å²) in [6.45, 7) is -0.0459. The maximum atomic E-state index is 6.86. The van der Waals surface area contributed by atoms with Crippen molar-refractivity contribution in [3.05, 3.63) is 224 Å². The Morgan fingerprint density at radius 3 is 1.10 bits per heavy atom. The summed E-state index contributed by atoms with van der Waals surface area (Å²) in [5.74, 6) is 3.51. The van der Waals surface area contributed by atoms with E-state index in [0.29, 0.717) is 0 Å². The lowest BCUT2D eigenvalue weighted by atomic mass is 9.35. The number of anilines is 6. The monoisotopic (exact) mass is 916 g/mol. The molecule has 0 saturated heterocycles. The van der Waals surface area contributed by atoms with Crippen LogP contribution in [0.3, 0.4) is 0 Å². The Balaban J connectivity index is 0.850. The van der Waals surface area contributed by atoms with Gasteiger partial charge in [-0.3, -0.25) is 0 Å². The van der Waals surface area contributed by atoms with E-state index in [1.807, 2.05) is 28.7 Å². The van der Waals surface area contributed by atoms with Crippen LogP contribution in [0, 0.1) is 0 Å². The predicted molar refractivity (Wildman–Crippen MR) is 294 cm³/mol. The fourth-order valence-corrected chi connectivity index (χ4v) is 13.5. The Kier molecular flexibility index (Phi) is 8.46. The van der Waals surface area contributed by atoms with E-state index >= 15 is 0 Å². The molecule has 0 atom stereocenters. The molecule has 0 N–H and O–H groups in total. The first kappa shape index (κ1) is 38.7. The minimum absolute atomic E-state index is 0.0459. The molecule has 322 valence electrons. The number of fused-ring (bicyclic) bond motifs is 14. The highest BCUT2D eigenvalue weighted by atomic mass is 32.1. The summed E-state index contributed by atoms with van der Waals surface area (Å²) in [5.41, 5.74) is 10.2. The van der Waals surface area contributed by atoms with Crippen molar-refractivity contribution in [1.82, 2.24) is 0 Å². The summed E-state index contributed by atoms with van der Waals surface area (Å²) in [5, 5.41) is 9.84. The number of hydrogen-bond donors (Lipinski definition) is 0. The molecular weight excluding hydrogens is 880 g/mol. The highest BCUT2D eigenvalue weighted by molar-refractivity contribution is 7.27. The molecule has 0 amide bonds. The number of nitrogens with zero attached hydrogens (tertiary/aromatic N) is 2. The van der Waals surface area contributed by atoms with Gasteiger partial charge in [0.05, 0.1) is 0 Å². The molecule has 2 aliphatic rings. The van der Waals surface area contributed by atoms with Crippen LogP contribution in [0.1, 0.15) is 0 Å². The molecule has 0 bridgehead atoms. The molecule has 13 aromatic rings. The molecule has 4 nitrogen and oxygen atoms in total. The smallest absolute Gasteiger partial charge is 0.260 e. The molecule has 11 aromatic carbocycles. The Morgan fingerprint density at radius 2 is 0.696 bits per heavy atom. The maximum absolute atomic E-state index is 6.86. The zero-order valence-electron chi connectivity index (χ0n) is 37.0. The van der Waals surface area contributed by atoms with Crippen molar-refractivity contribution >= 4 is 142 Å². The molecule has 7 heteroatoms. The molecule has 0 fully saturated rings. The standard InChI is InChI=1S/C62H37BN2O2S2/c1-5-14-40(15-6-1)64(41-16-7-2-8-17-41)44-26-30-46-38(32-44)24-28-48-50-34-56-52(36-58(50)68-61(46)48)63-53-37-59-51(35-57(53)67-55-23-13-22-54(66-56)60(55)63)49-29-25-39-33-45(27-31-47(39)62(49)69-59)65(42-18-9-3-10-19-42)43-20-11-4-12-21-43/h1-37H. The summed E-state index contributed by atoms with van der Waals surface area (Å²) in [4.78, 5) is 4.66. The van der Waals surface area contributed by atoms with Crippen LogP contribution in [0.25, 0.3) is 61.9 Å². The van der Waals surface area contributed by atoms with Gasteiger partial charge >= 0.3 is 0 Å². The van der Waals surface area contributed by atoms with E-state index in [9.17, 15) is 0 Å². The largest absolute Gasteiger partial charge is 0.458 e. The van der Waals surface area contributed by atoms with Gasteiger partial charge in [0.15, 0.2) is 0 Å². The Hall–Kier alpha value is -8.36. The van der Waals surface area contributed by atoms with Gasteiger partial charge in [0.1, 0.15) is 23.0 Å². The lowest BCUT2D eigenvalue weighted by Gasteiger charge is -2.33. The van der Waals surface area contributed by atoms with E-state index in [4.69, 9.17) is 9.47 Å². The molecule has 2 aromatic heterocycles. The molecule has 0 aliphatic carbocycles. The van der Waals surface area contributed by atoms with Crippen LogP contribution < -0.4 is 35.7 Å². The van der Waals surface area contributed by atoms with Crippen molar-refractivity contribution in [2.45, 2.75) is 0 Å². The molecule has 0 saturated carbocycles. The molecule has 4 heterocycles. The summed E-state index contributed by atoms with van der Waals surface area (Å²) >= 11 is 3.75. The summed E-state index contributed by atoms with van der Waals surface area (Å²) in [6, 6.07) is 81.0. The SMILES string of the molecule is c1ccc(N(c2ccccc2)c2ccc3c(ccc4c5cc6c(cc5sc34)B3c4cc5sc7c8ccc(N(c9ccccc9)c9ccccc9)cc8ccc7c5cc4Oc4cccc(c43)O6)c2)cc1. The maximum Gasteiger partial charge on any atom is 0.260 e. The van der Waals surface area contributed by atoms with Gasteiger partial charge in [-0.1, -0.05) is 115 Å². The van der Waals surface area contributed by atoms with Crippen LogP contribution in [-0.2, 0) is 0 Å². The fraction of sp³-hybridized carbons (Fsp3) is 0. The normalized spacial score (nSPS) is 12.6. The summed E-state index contributed by atoms with van der Waals surface area (Å²) < 4.78 is 18.8. The second kappa shape index (κ2) is 15.1. The van der Waals surface area contributed by atoms with Gasteiger partial charge < -0.3 is 19.3 Å². The van der Waals surface area contributed by atoms with Gasteiger partial charge in [0, 0.05) is 79.9 Å². The number of thiophene rings is 2. The van der Waals surface area contributed by atoms with Gasteiger partial charge in [-0.2, -0.15) is 0 Å². The second-order valence-electron chi connectivity index (χ2n) is 18.0. The van der Waals surface area contributed by atoms with Crippen molar-refractivity contribution in [2.24, 2.45) is 0 Å². The fourth-order valence-electron chi connectivity index (χ4n) is 11.0. The Morgan fingerprint density at radius 1 is 0.304 bits per heavy atom. The van der Waals surface area contributed by atoms with Gasteiger partial charge in [-0.05, 0) is 142 Å². The Bertz CT molecular complexity index is 3870. The van der Waals surface area contributed by atoms with Crippen molar-refractivity contribution in [1.29, 1.82) is 0 Å². The lowest BCUT2D eigenvalue weighted by Crippen LogP contribution is -2.57. The summed E-state index contributed by atoms with van der Waals surface area (Å²) in [7, 11) is 0. The van der Waals surface area contributed by atoms with Crippen molar-refractivity contribution < 1.29 is 9.47 Å². The van der Waals surface area contributed by atoms with Crippen LogP contribution in [0.4, 0.5) is 34.1 Å². The molecule has 0 unspecified atom stereocenters. The van der Waals surface area contributed by atoms with Crippen molar-refractivity contribution in [3.63, 3.8) is 0 Å². The Labute approximate surface area is 406 Å². The molecule has 15 rings (SSSR count). The predicted octanol–water partition coefficient (Wildman–Crippen LogP) is 16.4. The first-order valence-corrected chi connectivity index (χ1v) is 25.0. The van der Waals surface area contributed by atoms with Crippen LogP contribution in [0.2, 0.25) is 0 Å². The third-order valence-corrected chi connectivity index (χ3v) is 16.5. The van der Waals surface area contributed by atoms with Crippen LogP contribution in [0.15, 0.2) is 224 Å². The van der Waals surface area contributed by atoms with E-state index in [1.54, 1.807) is 0 Å². The first-order chi connectivity index (χ1) is 34.2. The van der Waals surface area contributed by atoms with Crippen molar-refractivity contribution in [2.75, 3.05) is 9.80 Å². The topological polar surface area (TPSA) is 24.9 Å². The number of para-hydroxylation sites is 4. The quantitative estimate of drug-likeness (QED) is 0.155. The van der Waals surface area contributed by atoms with E-state index in [2.05, 4.69) is 228 Å². The number of ether oxygens (including phenoxy) is 2. The van der Waals surface area contributed by atoms with Crippen molar-refractivity contribution in [3.8, 4) is 23.0 Å². The van der Waals surface area contributed by atoms with Gasteiger partial charge in [-0.25, -0.2) is 0 Å². The van der Waals surface area contributed by atoms with Crippen LogP contribution >= 0.6 is 22.7 Å².